The number of carbonyl (C=O) groups is 2. The SMILES string of the molecule is CCn1ncc(NC(=O)[C@H](C)n2nc(C(F)(F)F)c(Cl)c2C)c1C(N)=O. The van der Waals surface area contributed by atoms with Crippen LogP contribution in [0.2, 0.25) is 5.02 Å². The van der Waals surface area contributed by atoms with Gasteiger partial charge in [0.1, 0.15) is 11.7 Å². The second kappa shape index (κ2) is 6.98. The Balaban J connectivity index is 2.32. The van der Waals surface area contributed by atoms with Crippen LogP contribution >= 0.6 is 11.6 Å². The van der Waals surface area contributed by atoms with E-state index in [0.717, 1.165) is 4.68 Å². The Morgan fingerprint density at radius 2 is 2.04 bits per heavy atom. The Kier molecular flexibility index (Phi) is 5.31. The van der Waals surface area contributed by atoms with Crippen molar-refractivity contribution >= 4 is 29.1 Å². The zero-order valence-electron chi connectivity index (χ0n) is 14.1. The Hall–Kier alpha value is -2.56. The van der Waals surface area contributed by atoms with Crippen LogP contribution in [0.3, 0.4) is 0 Å². The number of nitrogens with zero attached hydrogens (tertiary/aromatic N) is 4. The van der Waals surface area contributed by atoms with E-state index >= 15 is 0 Å². The fraction of sp³-hybridized carbons (Fsp3) is 0.429. The Labute approximate surface area is 151 Å². The third-order valence-electron chi connectivity index (χ3n) is 3.72. The van der Waals surface area contributed by atoms with Crippen molar-refractivity contribution in [1.82, 2.24) is 19.6 Å². The summed E-state index contributed by atoms with van der Waals surface area (Å²) in [5.41, 5.74) is 4.04. The van der Waals surface area contributed by atoms with Crippen molar-refractivity contribution in [2.75, 3.05) is 5.32 Å². The number of rotatable bonds is 5. The molecule has 0 aliphatic heterocycles. The van der Waals surface area contributed by atoms with Gasteiger partial charge in [-0.2, -0.15) is 23.4 Å². The van der Waals surface area contributed by atoms with Crippen LogP contribution in [-0.2, 0) is 17.5 Å². The van der Waals surface area contributed by atoms with Crippen molar-refractivity contribution < 1.29 is 22.8 Å². The fourth-order valence-electron chi connectivity index (χ4n) is 2.38. The number of nitrogens with one attached hydrogen (secondary N) is 1. The van der Waals surface area contributed by atoms with E-state index < -0.39 is 34.7 Å². The minimum Gasteiger partial charge on any atom is -0.364 e. The molecule has 8 nitrogen and oxygen atoms in total. The van der Waals surface area contributed by atoms with Gasteiger partial charge < -0.3 is 11.1 Å². The highest BCUT2D eigenvalue weighted by Crippen LogP contribution is 2.36. The molecule has 2 amide bonds. The summed E-state index contributed by atoms with van der Waals surface area (Å²) in [4.78, 5) is 24.0. The van der Waals surface area contributed by atoms with Crippen molar-refractivity contribution in [3.63, 3.8) is 0 Å². The molecular weight excluding hydrogens is 377 g/mol. The number of nitrogens with two attached hydrogens (primary N) is 1. The Morgan fingerprint density at radius 3 is 2.50 bits per heavy atom. The molecule has 0 radical (unpaired) electrons. The highest BCUT2D eigenvalue weighted by molar-refractivity contribution is 6.32. The first-order valence-electron chi connectivity index (χ1n) is 7.47. The zero-order chi connectivity index (χ0) is 19.8. The summed E-state index contributed by atoms with van der Waals surface area (Å²) >= 11 is 5.69. The molecule has 2 aromatic rings. The lowest BCUT2D eigenvalue weighted by Gasteiger charge is -2.14. The summed E-state index contributed by atoms with van der Waals surface area (Å²) in [6.07, 6.45) is -3.51. The van der Waals surface area contributed by atoms with Crippen LogP contribution in [0.5, 0.6) is 0 Å². The number of hydrogen-bond donors (Lipinski definition) is 2. The summed E-state index contributed by atoms with van der Waals surface area (Å²) in [7, 11) is 0. The first-order valence-corrected chi connectivity index (χ1v) is 7.85. The molecule has 142 valence electrons. The fourth-order valence-corrected chi connectivity index (χ4v) is 2.61. The van der Waals surface area contributed by atoms with Gasteiger partial charge in [0.15, 0.2) is 5.69 Å². The van der Waals surface area contributed by atoms with Gasteiger partial charge in [0.25, 0.3) is 5.91 Å². The molecule has 2 rings (SSSR count). The summed E-state index contributed by atoms with van der Waals surface area (Å²) in [5.74, 6) is -1.51. The summed E-state index contributed by atoms with van der Waals surface area (Å²) < 4.78 is 40.9. The third kappa shape index (κ3) is 3.52. The van der Waals surface area contributed by atoms with Crippen LogP contribution in [0.25, 0.3) is 0 Å². The third-order valence-corrected chi connectivity index (χ3v) is 4.17. The molecule has 0 fully saturated rings. The zero-order valence-corrected chi connectivity index (χ0v) is 14.8. The maximum Gasteiger partial charge on any atom is 0.436 e. The lowest BCUT2D eigenvalue weighted by molar-refractivity contribution is -0.141. The van der Waals surface area contributed by atoms with Gasteiger partial charge in [-0.05, 0) is 20.8 Å². The predicted molar refractivity (Wildman–Crippen MR) is 86.7 cm³/mol. The van der Waals surface area contributed by atoms with Crippen LogP contribution < -0.4 is 11.1 Å². The molecule has 0 spiro atoms. The number of primary amides is 1. The molecule has 2 aromatic heterocycles. The number of amides is 2. The number of alkyl halides is 3. The van der Waals surface area contributed by atoms with Gasteiger partial charge in [0.05, 0.1) is 22.6 Å². The van der Waals surface area contributed by atoms with E-state index in [2.05, 4.69) is 15.5 Å². The molecule has 0 saturated heterocycles. The molecule has 0 aliphatic rings. The summed E-state index contributed by atoms with van der Waals surface area (Å²) in [6.45, 7) is 4.73. The number of anilines is 1. The second-order valence-electron chi connectivity index (χ2n) is 5.44. The Morgan fingerprint density at radius 1 is 1.42 bits per heavy atom. The summed E-state index contributed by atoms with van der Waals surface area (Å²) in [6, 6.07) is -1.13. The monoisotopic (exact) mass is 392 g/mol. The molecule has 12 heteroatoms. The lowest BCUT2D eigenvalue weighted by Crippen LogP contribution is -2.27. The standard InChI is InChI=1S/C14H16ClF3N6O2/c1-4-23-10(12(19)25)8(5-20-23)21-13(26)7(3)24-6(2)9(15)11(22-24)14(16,17)18/h5,7H,4H2,1-3H3,(H2,19,25)(H,21,26)/t7-/m0/s1. The topological polar surface area (TPSA) is 108 Å². The number of aromatic nitrogens is 4. The highest BCUT2D eigenvalue weighted by atomic mass is 35.5. The molecule has 3 N–H and O–H groups in total. The molecule has 26 heavy (non-hydrogen) atoms. The van der Waals surface area contributed by atoms with Crippen molar-refractivity contribution in [2.45, 2.75) is 39.5 Å². The maximum absolute atomic E-state index is 12.9. The molecular formula is C14H16ClF3N6O2. The van der Waals surface area contributed by atoms with Crippen molar-refractivity contribution in [3.05, 3.63) is 28.3 Å². The van der Waals surface area contributed by atoms with Gasteiger partial charge >= 0.3 is 6.18 Å². The quantitative estimate of drug-likeness (QED) is 0.814. The predicted octanol–water partition coefficient (Wildman–Crippen LogP) is 2.38. The normalized spacial score (nSPS) is 12.9. The molecule has 0 unspecified atom stereocenters. The van der Waals surface area contributed by atoms with Gasteiger partial charge in [-0.15, -0.1) is 0 Å². The van der Waals surface area contributed by atoms with Crippen molar-refractivity contribution in [2.24, 2.45) is 5.73 Å². The molecule has 0 aromatic carbocycles. The average Bonchev–Trinajstić information content (AvgIpc) is 3.08. The van der Waals surface area contributed by atoms with E-state index in [1.807, 2.05) is 0 Å². The minimum absolute atomic E-state index is 0.0129. The van der Waals surface area contributed by atoms with Gasteiger partial charge in [0, 0.05) is 6.54 Å². The van der Waals surface area contributed by atoms with E-state index in [4.69, 9.17) is 17.3 Å². The largest absolute Gasteiger partial charge is 0.436 e. The maximum atomic E-state index is 12.9. The minimum atomic E-state index is -4.75. The second-order valence-corrected chi connectivity index (χ2v) is 5.82. The van der Waals surface area contributed by atoms with Crippen LogP contribution in [0, 0.1) is 6.92 Å². The smallest absolute Gasteiger partial charge is 0.364 e. The van der Waals surface area contributed by atoms with Crippen molar-refractivity contribution in [3.8, 4) is 0 Å². The van der Waals surface area contributed by atoms with Gasteiger partial charge in [-0.1, -0.05) is 11.6 Å². The van der Waals surface area contributed by atoms with E-state index in [-0.39, 0.29) is 17.1 Å². The average molecular weight is 393 g/mol. The first kappa shape index (κ1) is 19.8. The molecule has 2 heterocycles. The number of carbonyl (C=O) groups excluding carboxylic acids is 2. The van der Waals surface area contributed by atoms with E-state index in [1.54, 1.807) is 6.92 Å². The van der Waals surface area contributed by atoms with Gasteiger partial charge in [0.2, 0.25) is 5.91 Å². The Bertz CT molecular complexity index is 858. The molecule has 0 bridgehead atoms. The van der Waals surface area contributed by atoms with Crippen molar-refractivity contribution in [1.29, 1.82) is 0 Å². The summed E-state index contributed by atoms with van der Waals surface area (Å²) in [5, 5.41) is 9.18. The first-order chi connectivity index (χ1) is 12.0. The molecule has 0 saturated carbocycles. The van der Waals surface area contributed by atoms with E-state index in [9.17, 15) is 22.8 Å². The van der Waals surface area contributed by atoms with E-state index in [1.165, 1.54) is 24.7 Å². The molecule has 0 aliphatic carbocycles. The van der Waals surface area contributed by atoms with Gasteiger partial charge in [-0.3, -0.25) is 19.0 Å². The van der Waals surface area contributed by atoms with Crippen LogP contribution in [0.4, 0.5) is 18.9 Å². The number of halogens is 4. The van der Waals surface area contributed by atoms with Gasteiger partial charge in [-0.25, -0.2) is 0 Å². The highest BCUT2D eigenvalue weighted by Gasteiger charge is 2.39. The van der Waals surface area contributed by atoms with Crippen LogP contribution in [-0.4, -0.2) is 31.4 Å². The lowest BCUT2D eigenvalue weighted by atomic mass is 10.2. The van der Waals surface area contributed by atoms with Crippen LogP contribution in [0.15, 0.2) is 6.20 Å². The van der Waals surface area contributed by atoms with E-state index in [0.29, 0.717) is 6.54 Å². The number of hydrogen-bond acceptors (Lipinski definition) is 4. The van der Waals surface area contributed by atoms with Crippen LogP contribution in [0.1, 0.15) is 41.8 Å². The number of aryl methyl sites for hydroxylation is 1. The molecule has 1 atom stereocenters.